The maximum atomic E-state index is 10.2. The van der Waals surface area contributed by atoms with Gasteiger partial charge in [0.25, 0.3) is 0 Å². The maximum absolute atomic E-state index is 10.2. The Bertz CT molecular complexity index is 843. The molecule has 2 heterocycles. The van der Waals surface area contributed by atoms with Crippen LogP contribution in [0.4, 0.5) is 0 Å². The lowest BCUT2D eigenvalue weighted by Gasteiger charge is -2.42. The van der Waals surface area contributed by atoms with E-state index in [0.29, 0.717) is 11.5 Å². The van der Waals surface area contributed by atoms with Crippen LogP contribution < -0.4 is 14.2 Å². The smallest absolute Gasteiger partial charge is 0.231 e. The topological polar surface area (TPSA) is 51.2 Å². The highest BCUT2D eigenvalue weighted by molar-refractivity contribution is 6.30. The van der Waals surface area contributed by atoms with Gasteiger partial charge in [-0.15, -0.1) is 0 Å². The Balaban J connectivity index is 1.50. The van der Waals surface area contributed by atoms with Crippen molar-refractivity contribution in [1.82, 2.24) is 4.90 Å². The molecule has 1 fully saturated rings. The summed E-state index contributed by atoms with van der Waals surface area (Å²) in [6.07, 6.45) is 2.89. The minimum atomic E-state index is -0.149. The van der Waals surface area contributed by atoms with Crippen molar-refractivity contribution in [1.29, 1.82) is 0 Å². The first kappa shape index (κ1) is 19.4. The second kappa shape index (κ2) is 8.19. The summed E-state index contributed by atoms with van der Waals surface area (Å²) in [7, 11) is 1.64. The second-order valence-corrected chi connectivity index (χ2v) is 8.25. The highest BCUT2D eigenvalue weighted by atomic mass is 35.5. The van der Waals surface area contributed by atoms with Gasteiger partial charge in [0.2, 0.25) is 12.5 Å². The molecule has 2 aromatic carbocycles. The molecule has 0 saturated carbocycles. The summed E-state index contributed by atoms with van der Waals surface area (Å²) in [5.41, 5.74) is 2.15. The lowest BCUT2D eigenvalue weighted by atomic mass is 9.75. The highest BCUT2D eigenvalue weighted by Crippen LogP contribution is 2.42. The Hall–Kier alpha value is -1.95. The van der Waals surface area contributed by atoms with E-state index in [4.69, 9.17) is 25.8 Å². The first-order valence-corrected chi connectivity index (χ1v) is 10.0. The molecule has 0 spiro atoms. The molecule has 0 radical (unpaired) electrons. The monoisotopic (exact) mass is 403 g/mol. The van der Waals surface area contributed by atoms with Crippen molar-refractivity contribution < 1.29 is 19.3 Å². The SMILES string of the molecule is COc1cc(CN2CCC[C@@](CO)(Cc3cccc(Cl)c3)C2)cc2c1OCO2. The summed E-state index contributed by atoms with van der Waals surface area (Å²) >= 11 is 6.16. The van der Waals surface area contributed by atoms with E-state index in [2.05, 4.69) is 11.0 Å². The van der Waals surface area contributed by atoms with Gasteiger partial charge in [-0.3, -0.25) is 4.90 Å². The zero-order valence-corrected chi connectivity index (χ0v) is 16.9. The fraction of sp³-hybridized carbons (Fsp3) is 0.455. The third kappa shape index (κ3) is 4.07. The molecule has 6 heteroatoms. The number of rotatable bonds is 6. The van der Waals surface area contributed by atoms with Crippen molar-refractivity contribution in [2.24, 2.45) is 5.41 Å². The van der Waals surface area contributed by atoms with E-state index in [0.717, 1.165) is 55.2 Å². The highest BCUT2D eigenvalue weighted by Gasteiger charge is 2.35. The number of methoxy groups -OCH3 is 1. The lowest BCUT2D eigenvalue weighted by molar-refractivity contribution is 0.0288. The molecule has 2 aliphatic heterocycles. The predicted molar refractivity (Wildman–Crippen MR) is 108 cm³/mol. The van der Waals surface area contributed by atoms with Gasteiger partial charge in [-0.2, -0.15) is 0 Å². The molecule has 2 aliphatic rings. The zero-order chi connectivity index (χ0) is 19.6. The molecule has 1 saturated heterocycles. The van der Waals surface area contributed by atoms with Crippen LogP contribution in [0.25, 0.3) is 0 Å². The van der Waals surface area contributed by atoms with Gasteiger partial charge >= 0.3 is 0 Å². The Morgan fingerprint density at radius 1 is 1.21 bits per heavy atom. The summed E-state index contributed by atoms with van der Waals surface area (Å²) in [6.45, 7) is 3.03. The van der Waals surface area contributed by atoms with Crippen LogP contribution in [-0.2, 0) is 13.0 Å². The molecule has 5 nitrogen and oxygen atoms in total. The first-order valence-electron chi connectivity index (χ1n) is 9.65. The number of aliphatic hydroxyl groups is 1. The number of halogens is 1. The minimum Gasteiger partial charge on any atom is -0.493 e. The van der Waals surface area contributed by atoms with E-state index in [-0.39, 0.29) is 18.8 Å². The third-order valence-corrected chi connectivity index (χ3v) is 5.90. The maximum Gasteiger partial charge on any atom is 0.231 e. The van der Waals surface area contributed by atoms with Crippen LogP contribution in [0.5, 0.6) is 17.2 Å². The number of fused-ring (bicyclic) bond motifs is 1. The van der Waals surface area contributed by atoms with Crippen LogP contribution in [0.1, 0.15) is 24.0 Å². The molecule has 0 amide bonds. The van der Waals surface area contributed by atoms with Crippen LogP contribution >= 0.6 is 11.6 Å². The largest absolute Gasteiger partial charge is 0.493 e. The van der Waals surface area contributed by atoms with E-state index in [1.165, 1.54) is 5.56 Å². The molecular formula is C22H26ClNO4. The van der Waals surface area contributed by atoms with Crippen molar-refractivity contribution >= 4 is 11.6 Å². The Kier molecular flexibility index (Phi) is 5.67. The zero-order valence-electron chi connectivity index (χ0n) is 16.1. The van der Waals surface area contributed by atoms with Crippen LogP contribution in [0, 0.1) is 5.41 Å². The molecule has 28 heavy (non-hydrogen) atoms. The normalized spacial score (nSPS) is 21.7. The van der Waals surface area contributed by atoms with Gasteiger partial charge in [-0.05, 0) is 61.2 Å². The average Bonchev–Trinajstić information content (AvgIpc) is 3.16. The Morgan fingerprint density at radius 3 is 2.89 bits per heavy atom. The predicted octanol–water partition coefficient (Wildman–Crippen LogP) is 3.89. The van der Waals surface area contributed by atoms with E-state index in [1.54, 1.807) is 7.11 Å². The molecule has 4 rings (SSSR count). The molecular weight excluding hydrogens is 378 g/mol. The van der Waals surface area contributed by atoms with Crippen molar-refractivity contribution in [2.45, 2.75) is 25.8 Å². The van der Waals surface area contributed by atoms with Crippen molar-refractivity contribution in [3.05, 3.63) is 52.5 Å². The molecule has 0 aliphatic carbocycles. The molecule has 1 atom stereocenters. The lowest BCUT2D eigenvalue weighted by Crippen LogP contribution is -2.46. The summed E-state index contributed by atoms with van der Waals surface area (Å²) in [6, 6.07) is 12.0. The second-order valence-electron chi connectivity index (χ2n) is 7.81. The summed E-state index contributed by atoms with van der Waals surface area (Å²) in [4.78, 5) is 2.40. The number of ether oxygens (including phenoxy) is 3. The van der Waals surface area contributed by atoms with Gasteiger partial charge in [0.05, 0.1) is 13.7 Å². The number of hydrogen-bond acceptors (Lipinski definition) is 5. The number of hydrogen-bond donors (Lipinski definition) is 1. The molecule has 0 unspecified atom stereocenters. The number of benzene rings is 2. The fourth-order valence-electron chi connectivity index (χ4n) is 4.39. The van der Waals surface area contributed by atoms with Gasteiger partial charge in [0.15, 0.2) is 11.5 Å². The van der Waals surface area contributed by atoms with Crippen molar-refractivity contribution in [3.63, 3.8) is 0 Å². The number of likely N-dealkylation sites (tertiary alicyclic amines) is 1. The van der Waals surface area contributed by atoms with Gasteiger partial charge in [0, 0.05) is 23.5 Å². The molecule has 150 valence electrons. The van der Waals surface area contributed by atoms with Gasteiger partial charge < -0.3 is 19.3 Å². The van der Waals surface area contributed by atoms with Gasteiger partial charge in [-0.1, -0.05) is 23.7 Å². The summed E-state index contributed by atoms with van der Waals surface area (Å²) in [5.74, 6) is 2.11. The van der Waals surface area contributed by atoms with E-state index in [1.807, 2.05) is 30.3 Å². The van der Waals surface area contributed by atoms with Crippen LogP contribution in [0.15, 0.2) is 36.4 Å². The molecule has 2 aromatic rings. The van der Waals surface area contributed by atoms with Crippen LogP contribution in [-0.4, -0.2) is 43.6 Å². The Labute approximate surface area is 170 Å². The van der Waals surface area contributed by atoms with E-state index in [9.17, 15) is 5.11 Å². The molecule has 0 aromatic heterocycles. The van der Waals surface area contributed by atoms with E-state index >= 15 is 0 Å². The van der Waals surface area contributed by atoms with Gasteiger partial charge in [-0.25, -0.2) is 0 Å². The minimum absolute atomic E-state index is 0.149. The molecule has 0 bridgehead atoms. The van der Waals surface area contributed by atoms with Crippen molar-refractivity contribution in [3.8, 4) is 17.2 Å². The molecule has 1 N–H and O–H groups in total. The average molecular weight is 404 g/mol. The standard InChI is InChI=1S/C22H26ClNO4/c1-26-19-9-17(10-20-21(19)28-15-27-20)12-24-7-3-6-22(13-24,14-25)11-16-4-2-5-18(23)8-16/h2,4-5,8-10,25H,3,6-7,11-15H2,1H3/t22-/m1/s1. The fourth-order valence-corrected chi connectivity index (χ4v) is 4.60. The third-order valence-electron chi connectivity index (χ3n) is 5.67. The van der Waals surface area contributed by atoms with Crippen molar-refractivity contribution in [2.75, 3.05) is 33.6 Å². The quantitative estimate of drug-likeness (QED) is 0.792. The van der Waals surface area contributed by atoms with Crippen LogP contribution in [0.3, 0.4) is 0 Å². The van der Waals surface area contributed by atoms with E-state index < -0.39 is 0 Å². The number of nitrogens with zero attached hydrogens (tertiary/aromatic N) is 1. The van der Waals surface area contributed by atoms with Crippen LogP contribution in [0.2, 0.25) is 5.02 Å². The summed E-state index contributed by atoms with van der Waals surface area (Å²) in [5, 5.41) is 11.0. The number of aliphatic hydroxyl groups excluding tert-OH is 1. The first-order chi connectivity index (χ1) is 13.6. The summed E-state index contributed by atoms with van der Waals surface area (Å²) < 4.78 is 16.5. The van der Waals surface area contributed by atoms with Gasteiger partial charge in [0.1, 0.15) is 0 Å². The number of piperidine rings is 1. The Morgan fingerprint density at radius 2 is 2.11 bits per heavy atom.